The van der Waals surface area contributed by atoms with Gasteiger partial charge in [0.25, 0.3) is 0 Å². The number of nitrogens with zero attached hydrogens (tertiary/aromatic N) is 1. The van der Waals surface area contributed by atoms with Crippen molar-refractivity contribution in [2.24, 2.45) is 0 Å². The standard InChI is InChI=1S/C10H15NS3/c1-11(2)7-8-13-9-3-5-10(14-12)6-4-9/h3-6,12H,7-8H2,1-2H3. The number of hydrogen-bond donors (Lipinski definition) is 1. The monoisotopic (exact) mass is 245 g/mol. The van der Waals surface area contributed by atoms with Crippen LogP contribution in [0, 0.1) is 0 Å². The fourth-order valence-electron chi connectivity index (χ4n) is 0.943. The number of thiol groups is 1. The molecule has 0 aromatic heterocycles. The highest BCUT2D eigenvalue weighted by Crippen LogP contribution is 2.25. The molecule has 1 rings (SSSR count). The lowest BCUT2D eigenvalue weighted by molar-refractivity contribution is 0.437. The molecule has 0 aliphatic heterocycles. The van der Waals surface area contributed by atoms with Crippen LogP contribution in [0.15, 0.2) is 34.1 Å². The van der Waals surface area contributed by atoms with Crippen LogP contribution in [-0.2, 0) is 0 Å². The van der Waals surface area contributed by atoms with Crippen molar-refractivity contribution in [3.63, 3.8) is 0 Å². The van der Waals surface area contributed by atoms with Crippen molar-refractivity contribution in [1.82, 2.24) is 4.90 Å². The molecule has 0 aliphatic carbocycles. The molecule has 0 spiro atoms. The van der Waals surface area contributed by atoms with Gasteiger partial charge in [0.15, 0.2) is 0 Å². The van der Waals surface area contributed by atoms with E-state index in [2.05, 4.69) is 54.9 Å². The molecule has 0 unspecified atom stereocenters. The molecule has 0 amide bonds. The maximum atomic E-state index is 4.14. The second-order valence-electron chi connectivity index (χ2n) is 3.21. The molecule has 78 valence electrons. The van der Waals surface area contributed by atoms with E-state index < -0.39 is 0 Å². The minimum atomic E-state index is 1.12. The first kappa shape index (κ1) is 12.3. The maximum absolute atomic E-state index is 4.14. The van der Waals surface area contributed by atoms with E-state index in [1.165, 1.54) is 20.6 Å². The molecule has 0 heterocycles. The Morgan fingerprint density at radius 1 is 1.14 bits per heavy atom. The number of rotatable bonds is 5. The Morgan fingerprint density at radius 2 is 1.71 bits per heavy atom. The summed E-state index contributed by atoms with van der Waals surface area (Å²) in [5, 5.41) is 0. The zero-order valence-corrected chi connectivity index (χ0v) is 11.0. The molecular formula is C10H15NS3. The van der Waals surface area contributed by atoms with Crippen LogP contribution in [0.4, 0.5) is 0 Å². The van der Waals surface area contributed by atoms with Gasteiger partial charge >= 0.3 is 0 Å². The maximum Gasteiger partial charge on any atom is 0.0181 e. The summed E-state index contributed by atoms with van der Waals surface area (Å²) in [6, 6.07) is 8.52. The third-order valence-electron chi connectivity index (χ3n) is 1.74. The lowest BCUT2D eigenvalue weighted by Crippen LogP contribution is -2.14. The fourth-order valence-corrected chi connectivity index (χ4v) is 2.59. The Balaban J connectivity index is 2.36. The van der Waals surface area contributed by atoms with Gasteiger partial charge in [-0.05, 0) is 38.4 Å². The molecule has 0 saturated heterocycles. The van der Waals surface area contributed by atoms with Crippen molar-refractivity contribution in [2.75, 3.05) is 26.4 Å². The molecule has 0 atom stereocenters. The highest BCUT2D eigenvalue weighted by Gasteiger charge is 1.95. The molecule has 0 radical (unpaired) electrons. The first-order chi connectivity index (χ1) is 6.72. The van der Waals surface area contributed by atoms with Crippen LogP contribution < -0.4 is 0 Å². The van der Waals surface area contributed by atoms with Gasteiger partial charge in [0, 0.05) is 22.1 Å². The van der Waals surface area contributed by atoms with Gasteiger partial charge in [-0.1, -0.05) is 10.8 Å². The van der Waals surface area contributed by atoms with Crippen LogP contribution in [0.2, 0.25) is 0 Å². The summed E-state index contributed by atoms with van der Waals surface area (Å²) in [6.45, 7) is 1.12. The first-order valence-corrected chi connectivity index (χ1v) is 7.27. The van der Waals surface area contributed by atoms with Crippen LogP contribution in [-0.4, -0.2) is 31.3 Å². The number of benzene rings is 1. The SMILES string of the molecule is CN(C)CCSc1ccc(SS)cc1. The molecule has 1 aromatic rings. The zero-order chi connectivity index (χ0) is 10.4. The van der Waals surface area contributed by atoms with E-state index in [9.17, 15) is 0 Å². The Morgan fingerprint density at radius 3 is 2.21 bits per heavy atom. The van der Waals surface area contributed by atoms with Gasteiger partial charge in [-0.2, -0.15) is 0 Å². The van der Waals surface area contributed by atoms with Gasteiger partial charge in [-0.3, -0.25) is 0 Å². The molecule has 0 bridgehead atoms. The molecular weight excluding hydrogens is 230 g/mol. The molecule has 0 saturated carbocycles. The quantitative estimate of drug-likeness (QED) is 0.482. The largest absolute Gasteiger partial charge is 0.309 e. The van der Waals surface area contributed by atoms with Crippen molar-refractivity contribution in [1.29, 1.82) is 0 Å². The Hall–Kier alpha value is 0.230. The summed E-state index contributed by atoms with van der Waals surface area (Å²) in [7, 11) is 5.68. The number of hydrogen-bond acceptors (Lipinski definition) is 4. The van der Waals surface area contributed by atoms with Gasteiger partial charge in [0.05, 0.1) is 0 Å². The van der Waals surface area contributed by atoms with Crippen molar-refractivity contribution >= 4 is 34.2 Å². The smallest absolute Gasteiger partial charge is 0.0181 e. The summed E-state index contributed by atoms with van der Waals surface area (Å²) in [5.74, 6) is 1.14. The van der Waals surface area contributed by atoms with Gasteiger partial charge < -0.3 is 4.90 Å². The Labute approximate surface area is 99.5 Å². The highest BCUT2D eigenvalue weighted by atomic mass is 33.1. The van der Waals surface area contributed by atoms with Crippen LogP contribution in [0.25, 0.3) is 0 Å². The van der Waals surface area contributed by atoms with Crippen molar-refractivity contribution in [2.45, 2.75) is 9.79 Å². The summed E-state index contributed by atoms with van der Waals surface area (Å²) in [4.78, 5) is 4.73. The van der Waals surface area contributed by atoms with Gasteiger partial charge in [0.1, 0.15) is 0 Å². The van der Waals surface area contributed by atoms with E-state index in [4.69, 9.17) is 0 Å². The van der Waals surface area contributed by atoms with Gasteiger partial charge in [-0.25, -0.2) is 0 Å². The summed E-state index contributed by atoms with van der Waals surface area (Å²) in [6.07, 6.45) is 0. The molecule has 4 heteroatoms. The molecule has 0 fully saturated rings. The first-order valence-electron chi connectivity index (χ1n) is 4.41. The average molecular weight is 245 g/mol. The average Bonchev–Trinajstić information content (AvgIpc) is 2.18. The molecule has 14 heavy (non-hydrogen) atoms. The highest BCUT2D eigenvalue weighted by molar-refractivity contribution is 8.68. The molecule has 0 aliphatic rings. The van der Waals surface area contributed by atoms with E-state index >= 15 is 0 Å². The molecule has 1 aromatic carbocycles. The Bertz CT molecular complexity index is 259. The third kappa shape index (κ3) is 4.64. The summed E-state index contributed by atoms with van der Waals surface area (Å²) >= 11 is 6.04. The van der Waals surface area contributed by atoms with E-state index in [0.29, 0.717) is 0 Å². The molecule has 1 nitrogen and oxygen atoms in total. The van der Waals surface area contributed by atoms with Gasteiger partial charge in [0.2, 0.25) is 0 Å². The fraction of sp³-hybridized carbons (Fsp3) is 0.400. The predicted molar refractivity (Wildman–Crippen MR) is 70.6 cm³/mol. The topological polar surface area (TPSA) is 3.24 Å². The minimum Gasteiger partial charge on any atom is -0.309 e. The second-order valence-corrected chi connectivity index (χ2v) is 5.58. The lowest BCUT2D eigenvalue weighted by atomic mass is 10.4. The second kappa shape index (κ2) is 6.67. The van der Waals surface area contributed by atoms with Crippen molar-refractivity contribution in [3.05, 3.63) is 24.3 Å². The van der Waals surface area contributed by atoms with E-state index in [1.807, 2.05) is 11.8 Å². The van der Waals surface area contributed by atoms with Crippen LogP contribution in [0.1, 0.15) is 0 Å². The zero-order valence-electron chi connectivity index (χ0n) is 8.43. The normalized spacial score (nSPS) is 10.9. The Kier molecular flexibility index (Phi) is 5.86. The van der Waals surface area contributed by atoms with Crippen LogP contribution in [0.5, 0.6) is 0 Å². The van der Waals surface area contributed by atoms with Crippen molar-refractivity contribution in [3.8, 4) is 0 Å². The molecule has 0 N–H and O–H groups in total. The number of thioether (sulfide) groups is 1. The van der Waals surface area contributed by atoms with Gasteiger partial charge in [-0.15, -0.1) is 23.4 Å². The summed E-state index contributed by atoms with van der Waals surface area (Å²) in [5.41, 5.74) is 0. The third-order valence-corrected chi connectivity index (χ3v) is 3.84. The van der Waals surface area contributed by atoms with Crippen LogP contribution in [0.3, 0.4) is 0 Å². The van der Waals surface area contributed by atoms with E-state index in [-0.39, 0.29) is 0 Å². The summed E-state index contributed by atoms with van der Waals surface area (Å²) < 4.78 is 0. The van der Waals surface area contributed by atoms with Crippen molar-refractivity contribution < 1.29 is 0 Å². The van der Waals surface area contributed by atoms with E-state index in [1.54, 1.807) is 0 Å². The van der Waals surface area contributed by atoms with E-state index in [0.717, 1.165) is 12.3 Å². The lowest BCUT2D eigenvalue weighted by Gasteiger charge is -2.08. The van der Waals surface area contributed by atoms with Crippen LogP contribution >= 0.6 is 34.2 Å². The predicted octanol–water partition coefficient (Wildman–Crippen LogP) is 3.28. The minimum absolute atomic E-state index is 1.12.